The maximum absolute atomic E-state index is 12.4. The molecule has 3 nitrogen and oxygen atoms in total. The molecule has 114 valence electrons. The van der Waals surface area contributed by atoms with E-state index in [2.05, 4.69) is 10.6 Å². The van der Waals surface area contributed by atoms with Gasteiger partial charge in [-0.2, -0.15) is 4.58 Å². The Morgan fingerprint density at radius 2 is 1.77 bits per heavy atom. The second-order valence-corrected chi connectivity index (χ2v) is 4.96. The van der Waals surface area contributed by atoms with E-state index in [1.165, 1.54) is 5.56 Å². The highest BCUT2D eigenvalue weighted by atomic mass is 127. The minimum absolute atomic E-state index is 0. The molecule has 0 spiro atoms. The van der Waals surface area contributed by atoms with E-state index in [1.807, 2.05) is 55.5 Å². The Hall–Kier alpha value is -1.69. The molecule has 0 bridgehead atoms. The summed E-state index contributed by atoms with van der Waals surface area (Å²) >= 11 is 0. The molecule has 3 rings (SSSR count). The Morgan fingerprint density at radius 3 is 2.50 bits per heavy atom. The van der Waals surface area contributed by atoms with Crippen LogP contribution in [0.5, 0.6) is 0 Å². The Bertz CT molecular complexity index is 695. The zero-order valence-electron chi connectivity index (χ0n) is 12.5. The molecule has 0 amide bonds. The van der Waals surface area contributed by atoms with Crippen LogP contribution in [0.15, 0.2) is 54.6 Å². The summed E-state index contributed by atoms with van der Waals surface area (Å²) in [6, 6.07) is 18.0. The molecule has 0 aromatic heterocycles. The summed E-state index contributed by atoms with van der Waals surface area (Å²) in [4.78, 5) is 12.4. The van der Waals surface area contributed by atoms with Gasteiger partial charge in [0.2, 0.25) is 5.69 Å². The third-order valence-electron chi connectivity index (χ3n) is 3.68. The van der Waals surface area contributed by atoms with Crippen molar-refractivity contribution in [2.45, 2.75) is 13.3 Å². The van der Waals surface area contributed by atoms with Crippen molar-refractivity contribution in [2.24, 2.45) is 0 Å². The third-order valence-corrected chi connectivity index (χ3v) is 3.68. The Morgan fingerprint density at radius 1 is 1.09 bits per heavy atom. The summed E-state index contributed by atoms with van der Waals surface area (Å²) in [6.07, 6.45) is 0.925. The van der Waals surface area contributed by atoms with Gasteiger partial charge in [-0.1, -0.05) is 36.4 Å². The average molecular weight is 407 g/mol. The van der Waals surface area contributed by atoms with Gasteiger partial charge in [0.25, 0.3) is 5.71 Å². The predicted octanol–water partition coefficient (Wildman–Crippen LogP) is -0.0569. The van der Waals surface area contributed by atoms with Gasteiger partial charge in [0.15, 0.2) is 6.54 Å². The summed E-state index contributed by atoms with van der Waals surface area (Å²) in [5, 5.41) is 0. The number of carbonyl (C=O) groups is 1. The highest BCUT2D eigenvalue weighted by molar-refractivity contribution is 6.41. The molecule has 0 radical (unpaired) electrons. The normalized spacial score (nSPS) is 13.1. The first-order valence-corrected chi connectivity index (χ1v) is 7.26. The van der Waals surface area contributed by atoms with Gasteiger partial charge in [0, 0.05) is 18.6 Å². The highest BCUT2D eigenvalue weighted by Gasteiger charge is 2.33. The summed E-state index contributed by atoms with van der Waals surface area (Å²) in [5.74, 6) is -0.256. The van der Waals surface area contributed by atoms with Gasteiger partial charge in [-0.15, -0.1) is 0 Å². The number of esters is 1. The van der Waals surface area contributed by atoms with Crippen molar-refractivity contribution < 1.29 is 38.1 Å². The zero-order valence-corrected chi connectivity index (χ0v) is 14.6. The van der Waals surface area contributed by atoms with Crippen LogP contribution in [-0.2, 0) is 16.0 Å². The number of ether oxygens (including phenoxy) is 1. The highest BCUT2D eigenvalue weighted by Crippen LogP contribution is 2.22. The van der Waals surface area contributed by atoms with Crippen LogP contribution in [0.3, 0.4) is 0 Å². The van der Waals surface area contributed by atoms with Gasteiger partial charge < -0.3 is 28.7 Å². The van der Waals surface area contributed by atoms with E-state index in [0.717, 1.165) is 24.2 Å². The monoisotopic (exact) mass is 407 g/mol. The van der Waals surface area contributed by atoms with Crippen molar-refractivity contribution >= 4 is 17.4 Å². The van der Waals surface area contributed by atoms with Crippen molar-refractivity contribution in [3.05, 3.63) is 65.7 Å². The molecule has 0 fully saturated rings. The molecule has 22 heavy (non-hydrogen) atoms. The fourth-order valence-electron chi connectivity index (χ4n) is 2.74. The largest absolute Gasteiger partial charge is 1.00 e. The van der Waals surface area contributed by atoms with Gasteiger partial charge in [0.05, 0.1) is 12.2 Å². The molecule has 1 aliphatic heterocycles. The summed E-state index contributed by atoms with van der Waals surface area (Å²) in [7, 11) is 0. The fourth-order valence-corrected chi connectivity index (χ4v) is 2.74. The molecule has 0 saturated carbocycles. The molecule has 0 unspecified atom stereocenters. The lowest BCUT2D eigenvalue weighted by atomic mass is 9.96. The van der Waals surface area contributed by atoms with Crippen LogP contribution in [0.2, 0.25) is 0 Å². The standard InChI is InChI=1S/C18H18NO2.HI/c1-2-21-18(20)17-16-11-7-6-8-14(16)12-13-19(17)15-9-4-3-5-10-15;/h3-11H,2,12-13H2,1H3;1H/q+1;/p-1. The number of hydrogen-bond acceptors (Lipinski definition) is 2. The van der Waals surface area contributed by atoms with Crippen LogP contribution in [0, 0.1) is 0 Å². The summed E-state index contributed by atoms with van der Waals surface area (Å²) < 4.78 is 7.33. The first kappa shape index (κ1) is 16.7. The van der Waals surface area contributed by atoms with E-state index in [-0.39, 0.29) is 29.9 Å². The minimum atomic E-state index is -0.256. The van der Waals surface area contributed by atoms with Crippen molar-refractivity contribution in [1.82, 2.24) is 0 Å². The number of carbonyl (C=O) groups excluding carboxylic acids is 1. The first-order valence-electron chi connectivity index (χ1n) is 7.26. The molecule has 2 aromatic carbocycles. The van der Waals surface area contributed by atoms with E-state index in [9.17, 15) is 4.79 Å². The first-order chi connectivity index (χ1) is 10.3. The average Bonchev–Trinajstić information content (AvgIpc) is 2.54. The molecule has 1 aliphatic rings. The topological polar surface area (TPSA) is 29.3 Å². The lowest BCUT2D eigenvalue weighted by molar-refractivity contribution is -0.441. The SMILES string of the molecule is CCOC(=O)C1=[N+](c2ccccc2)CCc2ccccc21.[I-]. The molecule has 2 aromatic rings. The van der Waals surface area contributed by atoms with Crippen LogP contribution < -0.4 is 24.0 Å². The molecular weight excluding hydrogens is 389 g/mol. The second kappa shape index (κ2) is 7.54. The smallest absolute Gasteiger partial charge is 0.404 e. The lowest BCUT2D eigenvalue weighted by Gasteiger charge is -2.17. The van der Waals surface area contributed by atoms with Crippen molar-refractivity contribution in [3.63, 3.8) is 0 Å². The Labute approximate surface area is 147 Å². The number of hydrogen-bond donors (Lipinski definition) is 0. The van der Waals surface area contributed by atoms with Gasteiger partial charge >= 0.3 is 5.97 Å². The van der Waals surface area contributed by atoms with Crippen LogP contribution in [0.25, 0.3) is 0 Å². The third kappa shape index (κ3) is 3.21. The molecule has 0 atom stereocenters. The summed E-state index contributed by atoms with van der Waals surface area (Å²) in [5.41, 5.74) is 3.85. The van der Waals surface area contributed by atoms with Crippen LogP contribution in [0.1, 0.15) is 18.1 Å². The number of fused-ring (bicyclic) bond motifs is 1. The van der Waals surface area contributed by atoms with Gasteiger partial charge in [-0.25, -0.2) is 4.79 Å². The predicted molar refractivity (Wildman–Crippen MR) is 82.1 cm³/mol. The molecule has 1 heterocycles. The lowest BCUT2D eigenvalue weighted by Crippen LogP contribution is -3.00. The number of para-hydroxylation sites is 1. The van der Waals surface area contributed by atoms with Gasteiger partial charge in [0.1, 0.15) is 0 Å². The van der Waals surface area contributed by atoms with Crippen LogP contribution >= 0.6 is 0 Å². The number of benzene rings is 2. The van der Waals surface area contributed by atoms with Crippen molar-refractivity contribution in [3.8, 4) is 0 Å². The second-order valence-electron chi connectivity index (χ2n) is 4.96. The fraction of sp³-hybridized carbons (Fsp3) is 0.222. The number of rotatable bonds is 3. The van der Waals surface area contributed by atoms with Gasteiger partial charge in [-0.3, -0.25) is 0 Å². The van der Waals surface area contributed by atoms with E-state index in [1.54, 1.807) is 0 Å². The van der Waals surface area contributed by atoms with Crippen LogP contribution in [0.4, 0.5) is 5.69 Å². The van der Waals surface area contributed by atoms with E-state index in [0.29, 0.717) is 12.3 Å². The van der Waals surface area contributed by atoms with Crippen molar-refractivity contribution in [1.29, 1.82) is 0 Å². The Balaban J connectivity index is 0.00000176. The molecule has 0 aliphatic carbocycles. The Kier molecular flexibility index (Phi) is 5.71. The van der Waals surface area contributed by atoms with E-state index >= 15 is 0 Å². The van der Waals surface area contributed by atoms with E-state index < -0.39 is 0 Å². The van der Waals surface area contributed by atoms with Crippen LogP contribution in [-0.4, -0.2) is 29.4 Å². The maximum atomic E-state index is 12.4. The van der Waals surface area contributed by atoms with Crippen molar-refractivity contribution in [2.75, 3.05) is 13.2 Å². The molecular formula is C18H18INO2. The summed E-state index contributed by atoms with van der Waals surface area (Å²) in [6.45, 7) is 3.00. The minimum Gasteiger partial charge on any atom is -1.00 e. The maximum Gasteiger partial charge on any atom is 0.404 e. The quantitative estimate of drug-likeness (QED) is 0.406. The number of nitrogens with zero attached hydrogens (tertiary/aromatic N) is 1. The van der Waals surface area contributed by atoms with Gasteiger partial charge in [-0.05, 0) is 18.6 Å². The van der Waals surface area contributed by atoms with E-state index in [4.69, 9.17) is 4.74 Å². The molecule has 4 heteroatoms. The molecule has 0 N–H and O–H groups in total. The molecule has 0 saturated heterocycles. The number of halogens is 1. The zero-order chi connectivity index (χ0) is 14.7.